The monoisotopic (exact) mass is 229 g/mol. The van der Waals surface area contributed by atoms with E-state index in [1.54, 1.807) is 0 Å². The number of carboxylic acids is 1. The topological polar surface area (TPSA) is 69.6 Å². The minimum Gasteiger partial charge on any atom is -0.480 e. The molecule has 0 bridgehead atoms. The van der Waals surface area contributed by atoms with E-state index in [0.29, 0.717) is 6.54 Å². The zero-order valence-electron chi connectivity index (χ0n) is 10.1. The standard InChI is InChI=1S/C12H23NO3/c1-3-8(4-2)10(14)7-13-11(12(15)16)9-5-6-9/h8-11,13-14H,3-7H2,1-2H3,(H,15,16). The largest absolute Gasteiger partial charge is 0.480 e. The van der Waals surface area contributed by atoms with Crippen LogP contribution in [0, 0.1) is 11.8 Å². The average Bonchev–Trinajstić information content (AvgIpc) is 3.03. The van der Waals surface area contributed by atoms with E-state index in [2.05, 4.69) is 5.32 Å². The Labute approximate surface area is 97.0 Å². The number of rotatable bonds is 8. The molecule has 1 saturated carbocycles. The second-order valence-electron chi connectivity index (χ2n) is 4.71. The van der Waals surface area contributed by atoms with Gasteiger partial charge in [0.2, 0.25) is 0 Å². The van der Waals surface area contributed by atoms with E-state index in [4.69, 9.17) is 5.11 Å². The van der Waals surface area contributed by atoms with Gasteiger partial charge in [0.1, 0.15) is 6.04 Å². The summed E-state index contributed by atoms with van der Waals surface area (Å²) in [6.45, 7) is 4.49. The van der Waals surface area contributed by atoms with E-state index in [1.165, 1.54) is 0 Å². The molecule has 1 aliphatic carbocycles. The predicted molar refractivity (Wildman–Crippen MR) is 62.2 cm³/mol. The van der Waals surface area contributed by atoms with Gasteiger partial charge < -0.3 is 15.5 Å². The third kappa shape index (κ3) is 3.76. The van der Waals surface area contributed by atoms with E-state index in [-0.39, 0.29) is 11.8 Å². The van der Waals surface area contributed by atoms with Crippen molar-refractivity contribution in [2.75, 3.05) is 6.54 Å². The molecule has 16 heavy (non-hydrogen) atoms. The molecule has 0 amide bonds. The Hall–Kier alpha value is -0.610. The average molecular weight is 229 g/mol. The molecule has 0 heterocycles. The maximum atomic E-state index is 11.0. The zero-order chi connectivity index (χ0) is 12.1. The van der Waals surface area contributed by atoms with Crippen LogP contribution in [0.15, 0.2) is 0 Å². The van der Waals surface area contributed by atoms with Crippen molar-refractivity contribution in [1.29, 1.82) is 0 Å². The summed E-state index contributed by atoms with van der Waals surface area (Å²) in [6.07, 6.45) is 3.41. The number of carboxylic acid groups (broad SMARTS) is 1. The van der Waals surface area contributed by atoms with Crippen molar-refractivity contribution < 1.29 is 15.0 Å². The Morgan fingerprint density at radius 3 is 2.31 bits per heavy atom. The van der Waals surface area contributed by atoms with Crippen molar-refractivity contribution in [3.8, 4) is 0 Å². The first-order chi connectivity index (χ1) is 7.60. The lowest BCUT2D eigenvalue weighted by molar-refractivity contribution is -0.140. The normalized spacial score (nSPS) is 19.8. The van der Waals surface area contributed by atoms with Crippen LogP contribution < -0.4 is 5.32 Å². The first kappa shape index (κ1) is 13.5. The molecular weight excluding hydrogens is 206 g/mol. The van der Waals surface area contributed by atoms with Crippen LogP contribution in [-0.2, 0) is 4.79 Å². The van der Waals surface area contributed by atoms with E-state index in [0.717, 1.165) is 25.7 Å². The van der Waals surface area contributed by atoms with Gasteiger partial charge in [0.25, 0.3) is 0 Å². The maximum Gasteiger partial charge on any atom is 0.320 e. The van der Waals surface area contributed by atoms with Crippen LogP contribution in [0.25, 0.3) is 0 Å². The fraction of sp³-hybridized carbons (Fsp3) is 0.917. The summed E-state index contributed by atoms with van der Waals surface area (Å²) >= 11 is 0. The Morgan fingerprint density at radius 1 is 1.38 bits per heavy atom. The van der Waals surface area contributed by atoms with Gasteiger partial charge in [-0.3, -0.25) is 4.79 Å². The van der Waals surface area contributed by atoms with Crippen molar-refractivity contribution in [3.05, 3.63) is 0 Å². The first-order valence-corrected chi connectivity index (χ1v) is 6.24. The Morgan fingerprint density at radius 2 is 1.94 bits per heavy atom. The molecule has 3 N–H and O–H groups in total. The number of nitrogens with one attached hydrogen (secondary N) is 1. The molecule has 0 aromatic carbocycles. The molecule has 0 aliphatic heterocycles. The number of hydrogen-bond acceptors (Lipinski definition) is 3. The van der Waals surface area contributed by atoms with Gasteiger partial charge in [0.15, 0.2) is 0 Å². The van der Waals surface area contributed by atoms with E-state index in [9.17, 15) is 9.90 Å². The van der Waals surface area contributed by atoms with E-state index < -0.39 is 18.1 Å². The van der Waals surface area contributed by atoms with Crippen molar-refractivity contribution >= 4 is 5.97 Å². The van der Waals surface area contributed by atoms with Crippen LogP contribution >= 0.6 is 0 Å². The highest BCUT2D eigenvalue weighted by molar-refractivity contribution is 5.74. The van der Waals surface area contributed by atoms with Crippen LogP contribution in [0.2, 0.25) is 0 Å². The van der Waals surface area contributed by atoms with E-state index >= 15 is 0 Å². The van der Waals surface area contributed by atoms with Gasteiger partial charge in [0.05, 0.1) is 6.10 Å². The minimum absolute atomic E-state index is 0.265. The van der Waals surface area contributed by atoms with Gasteiger partial charge in [-0.1, -0.05) is 26.7 Å². The Kier molecular flexibility index (Phi) is 5.22. The summed E-state index contributed by atoms with van der Waals surface area (Å²) in [5.74, 6) is -0.258. The molecule has 1 aliphatic rings. The lowest BCUT2D eigenvalue weighted by Gasteiger charge is -2.22. The SMILES string of the molecule is CCC(CC)C(O)CNC(C(=O)O)C1CC1. The van der Waals surface area contributed by atoms with Crippen LogP contribution in [0.5, 0.6) is 0 Å². The summed E-state index contributed by atoms with van der Waals surface area (Å²) in [4.78, 5) is 11.0. The molecule has 0 spiro atoms. The molecule has 4 nitrogen and oxygen atoms in total. The van der Waals surface area contributed by atoms with Crippen LogP contribution in [-0.4, -0.2) is 34.9 Å². The highest BCUT2D eigenvalue weighted by atomic mass is 16.4. The molecule has 2 unspecified atom stereocenters. The zero-order valence-corrected chi connectivity index (χ0v) is 10.1. The third-order valence-corrected chi connectivity index (χ3v) is 3.50. The van der Waals surface area contributed by atoms with Crippen LogP contribution in [0.1, 0.15) is 39.5 Å². The number of aliphatic hydroxyl groups excluding tert-OH is 1. The van der Waals surface area contributed by atoms with Crippen molar-refractivity contribution in [3.63, 3.8) is 0 Å². The molecule has 0 aromatic heterocycles. The van der Waals surface area contributed by atoms with Gasteiger partial charge >= 0.3 is 5.97 Å². The molecular formula is C12H23NO3. The van der Waals surface area contributed by atoms with Gasteiger partial charge in [-0.05, 0) is 24.7 Å². The van der Waals surface area contributed by atoms with Crippen LogP contribution in [0.3, 0.4) is 0 Å². The van der Waals surface area contributed by atoms with Gasteiger partial charge in [0, 0.05) is 6.54 Å². The summed E-state index contributed by atoms with van der Waals surface area (Å²) in [6, 6.07) is -0.469. The highest BCUT2D eigenvalue weighted by Crippen LogP contribution is 2.32. The Balaban J connectivity index is 2.33. The molecule has 2 atom stereocenters. The fourth-order valence-electron chi connectivity index (χ4n) is 2.13. The second kappa shape index (κ2) is 6.21. The summed E-state index contributed by atoms with van der Waals surface area (Å²) in [7, 11) is 0. The smallest absolute Gasteiger partial charge is 0.320 e. The van der Waals surface area contributed by atoms with E-state index in [1.807, 2.05) is 13.8 Å². The van der Waals surface area contributed by atoms with Crippen molar-refractivity contribution in [2.45, 2.75) is 51.7 Å². The maximum absolute atomic E-state index is 11.0. The molecule has 1 fully saturated rings. The Bertz CT molecular complexity index is 224. The lowest BCUT2D eigenvalue weighted by Crippen LogP contribution is -2.44. The number of aliphatic hydroxyl groups is 1. The quantitative estimate of drug-likeness (QED) is 0.585. The first-order valence-electron chi connectivity index (χ1n) is 6.24. The van der Waals surface area contributed by atoms with Gasteiger partial charge in [-0.25, -0.2) is 0 Å². The third-order valence-electron chi connectivity index (χ3n) is 3.50. The molecule has 0 radical (unpaired) electrons. The summed E-state index contributed by atoms with van der Waals surface area (Å²) < 4.78 is 0. The molecule has 1 rings (SSSR count). The molecule has 94 valence electrons. The van der Waals surface area contributed by atoms with Crippen molar-refractivity contribution in [2.24, 2.45) is 11.8 Å². The van der Waals surface area contributed by atoms with Crippen LogP contribution in [0.4, 0.5) is 0 Å². The van der Waals surface area contributed by atoms with Gasteiger partial charge in [-0.2, -0.15) is 0 Å². The highest BCUT2D eigenvalue weighted by Gasteiger charge is 2.36. The molecule has 0 aromatic rings. The summed E-state index contributed by atoms with van der Waals surface area (Å²) in [5.41, 5.74) is 0. The van der Waals surface area contributed by atoms with Gasteiger partial charge in [-0.15, -0.1) is 0 Å². The van der Waals surface area contributed by atoms with Crippen molar-refractivity contribution in [1.82, 2.24) is 5.32 Å². The predicted octanol–water partition coefficient (Wildman–Crippen LogP) is 1.24. The number of hydrogen-bond donors (Lipinski definition) is 3. The lowest BCUT2D eigenvalue weighted by atomic mass is 9.96. The number of aliphatic carboxylic acids is 1. The second-order valence-corrected chi connectivity index (χ2v) is 4.71. The summed E-state index contributed by atoms with van der Waals surface area (Å²) in [5, 5.41) is 21.9. The molecule has 0 saturated heterocycles. The molecule has 4 heteroatoms. The number of carbonyl (C=O) groups is 1. The minimum atomic E-state index is -0.792. The fourth-order valence-corrected chi connectivity index (χ4v) is 2.13.